The lowest BCUT2D eigenvalue weighted by Crippen LogP contribution is -2.54. The molecule has 2 saturated heterocycles. The first kappa shape index (κ1) is 17.5. The summed E-state index contributed by atoms with van der Waals surface area (Å²) in [5.41, 5.74) is 1.77. The maximum atomic E-state index is 12.5. The fourth-order valence-corrected chi connectivity index (χ4v) is 4.44. The standard InChI is InChI=1S/C20H24N6O/c21-11-16-3-1-8-23-19(16)26-9-2-6-20(14-26)7-4-18(27)25(13-20)10-5-17-12-22-15-24-17/h1,3,8,12,15H,2,4-7,9-10,13-14H2,(H,22,24). The predicted molar refractivity (Wildman–Crippen MR) is 101 cm³/mol. The molecular formula is C20H24N6O. The number of aromatic amines is 1. The number of carbonyl (C=O) groups excluding carboxylic acids is 1. The van der Waals surface area contributed by atoms with Crippen molar-refractivity contribution >= 4 is 11.7 Å². The summed E-state index contributed by atoms with van der Waals surface area (Å²) < 4.78 is 0. The van der Waals surface area contributed by atoms with Gasteiger partial charge in [0.1, 0.15) is 11.9 Å². The fourth-order valence-electron chi connectivity index (χ4n) is 4.44. The summed E-state index contributed by atoms with van der Waals surface area (Å²) in [7, 11) is 0. The van der Waals surface area contributed by atoms with Gasteiger partial charge in [0.15, 0.2) is 0 Å². The Morgan fingerprint density at radius 1 is 1.33 bits per heavy atom. The summed E-state index contributed by atoms with van der Waals surface area (Å²) in [6.07, 6.45) is 9.73. The zero-order valence-electron chi connectivity index (χ0n) is 15.4. The van der Waals surface area contributed by atoms with Crippen molar-refractivity contribution in [3.05, 3.63) is 42.1 Å². The van der Waals surface area contributed by atoms with E-state index in [-0.39, 0.29) is 11.3 Å². The van der Waals surface area contributed by atoms with E-state index in [2.05, 4.69) is 25.9 Å². The Morgan fingerprint density at radius 3 is 3.07 bits per heavy atom. The molecule has 7 nitrogen and oxygen atoms in total. The molecule has 1 atom stereocenters. The highest BCUT2D eigenvalue weighted by molar-refractivity contribution is 5.77. The van der Waals surface area contributed by atoms with Crippen LogP contribution in [0.25, 0.3) is 0 Å². The lowest BCUT2D eigenvalue weighted by atomic mass is 9.73. The molecule has 2 aromatic heterocycles. The number of likely N-dealkylation sites (tertiary alicyclic amines) is 1. The number of amides is 1. The summed E-state index contributed by atoms with van der Waals surface area (Å²) >= 11 is 0. The summed E-state index contributed by atoms with van der Waals surface area (Å²) in [6, 6.07) is 5.89. The minimum absolute atomic E-state index is 0.0877. The number of nitrogens with zero attached hydrogens (tertiary/aromatic N) is 5. The van der Waals surface area contributed by atoms with E-state index in [0.717, 1.165) is 63.4 Å². The van der Waals surface area contributed by atoms with Crippen molar-refractivity contribution in [3.63, 3.8) is 0 Å². The number of nitrogens with one attached hydrogen (secondary N) is 1. The molecule has 0 aliphatic carbocycles. The van der Waals surface area contributed by atoms with Crippen LogP contribution >= 0.6 is 0 Å². The lowest BCUT2D eigenvalue weighted by Gasteiger charge is -2.48. The molecule has 0 bridgehead atoms. The number of nitriles is 1. The SMILES string of the molecule is N#Cc1cccnc1N1CCCC2(CCC(=O)N(CCc3cnc[nH]3)C2)C1. The fraction of sp³-hybridized carbons (Fsp3) is 0.500. The van der Waals surface area contributed by atoms with Crippen LogP contribution in [0.2, 0.25) is 0 Å². The molecule has 27 heavy (non-hydrogen) atoms. The number of pyridine rings is 1. The number of H-pyrrole nitrogens is 1. The number of rotatable bonds is 4. The summed E-state index contributed by atoms with van der Waals surface area (Å²) in [5.74, 6) is 1.02. The van der Waals surface area contributed by atoms with Gasteiger partial charge in [0.05, 0.1) is 11.9 Å². The highest BCUT2D eigenvalue weighted by Gasteiger charge is 2.42. The van der Waals surface area contributed by atoms with E-state index in [9.17, 15) is 10.1 Å². The molecular weight excluding hydrogens is 340 g/mol. The average Bonchev–Trinajstić information content (AvgIpc) is 3.23. The van der Waals surface area contributed by atoms with Gasteiger partial charge in [0.25, 0.3) is 0 Å². The molecule has 1 spiro atoms. The number of hydrogen-bond donors (Lipinski definition) is 1. The second-order valence-corrected chi connectivity index (χ2v) is 7.65. The third-order valence-corrected chi connectivity index (χ3v) is 5.82. The quantitative estimate of drug-likeness (QED) is 0.898. The van der Waals surface area contributed by atoms with Crippen molar-refractivity contribution in [1.82, 2.24) is 19.9 Å². The molecule has 2 aliphatic rings. The van der Waals surface area contributed by atoms with E-state index in [1.807, 2.05) is 17.2 Å². The van der Waals surface area contributed by atoms with Crippen LogP contribution in [0.1, 0.15) is 36.9 Å². The van der Waals surface area contributed by atoms with Gasteiger partial charge in [-0.1, -0.05) is 0 Å². The smallest absolute Gasteiger partial charge is 0.222 e. The molecule has 4 rings (SSSR count). The molecule has 4 heterocycles. The topological polar surface area (TPSA) is 88.9 Å². The molecule has 1 amide bonds. The number of imidazole rings is 1. The van der Waals surface area contributed by atoms with Crippen LogP contribution in [0.15, 0.2) is 30.9 Å². The molecule has 2 aromatic rings. The first-order valence-electron chi connectivity index (χ1n) is 9.54. The van der Waals surface area contributed by atoms with Crippen molar-refractivity contribution in [2.45, 2.75) is 32.1 Å². The molecule has 7 heteroatoms. The number of carbonyl (C=O) groups is 1. The Bertz CT molecular complexity index is 842. The zero-order valence-corrected chi connectivity index (χ0v) is 15.4. The van der Waals surface area contributed by atoms with E-state index < -0.39 is 0 Å². The molecule has 1 N–H and O–H groups in total. The van der Waals surface area contributed by atoms with Crippen molar-refractivity contribution < 1.29 is 4.79 Å². The van der Waals surface area contributed by atoms with Gasteiger partial charge in [-0.2, -0.15) is 5.26 Å². The first-order chi connectivity index (χ1) is 13.2. The summed E-state index contributed by atoms with van der Waals surface area (Å²) in [4.78, 5) is 28.3. The molecule has 2 aliphatic heterocycles. The third kappa shape index (κ3) is 3.65. The highest BCUT2D eigenvalue weighted by Crippen LogP contribution is 2.40. The van der Waals surface area contributed by atoms with Crippen LogP contribution in [0.3, 0.4) is 0 Å². The molecule has 2 fully saturated rings. The second-order valence-electron chi connectivity index (χ2n) is 7.65. The monoisotopic (exact) mass is 364 g/mol. The van der Waals surface area contributed by atoms with E-state index in [1.54, 1.807) is 18.6 Å². The van der Waals surface area contributed by atoms with Crippen LogP contribution < -0.4 is 4.90 Å². The van der Waals surface area contributed by atoms with Gasteiger partial charge < -0.3 is 14.8 Å². The van der Waals surface area contributed by atoms with Gasteiger partial charge in [-0.15, -0.1) is 0 Å². The Kier molecular flexibility index (Phi) is 4.80. The number of aromatic nitrogens is 3. The van der Waals surface area contributed by atoms with Crippen molar-refractivity contribution in [1.29, 1.82) is 5.26 Å². The molecule has 0 radical (unpaired) electrons. The largest absolute Gasteiger partial charge is 0.355 e. The van der Waals surface area contributed by atoms with E-state index in [0.29, 0.717) is 12.0 Å². The molecule has 0 saturated carbocycles. The summed E-state index contributed by atoms with van der Waals surface area (Å²) in [5, 5.41) is 9.41. The highest BCUT2D eigenvalue weighted by atomic mass is 16.2. The Balaban J connectivity index is 1.48. The number of piperidine rings is 2. The average molecular weight is 364 g/mol. The van der Waals surface area contributed by atoms with Gasteiger partial charge in [-0.3, -0.25) is 4.79 Å². The van der Waals surface area contributed by atoms with E-state index >= 15 is 0 Å². The van der Waals surface area contributed by atoms with E-state index in [4.69, 9.17) is 0 Å². The Hall–Kier alpha value is -2.88. The lowest BCUT2D eigenvalue weighted by molar-refractivity contribution is -0.137. The first-order valence-corrected chi connectivity index (χ1v) is 9.54. The minimum Gasteiger partial charge on any atom is -0.355 e. The maximum Gasteiger partial charge on any atom is 0.222 e. The van der Waals surface area contributed by atoms with Crippen LogP contribution in [0.4, 0.5) is 5.82 Å². The minimum atomic E-state index is 0.0877. The van der Waals surface area contributed by atoms with Crippen LogP contribution in [0, 0.1) is 16.7 Å². The van der Waals surface area contributed by atoms with Crippen LogP contribution in [-0.2, 0) is 11.2 Å². The summed E-state index contributed by atoms with van der Waals surface area (Å²) in [6.45, 7) is 3.27. The van der Waals surface area contributed by atoms with Crippen molar-refractivity contribution in [2.75, 3.05) is 31.1 Å². The maximum absolute atomic E-state index is 12.5. The second kappa shape index (κ2) is 7.39. The normalized spacial score (nSPS) is 22.9. The molecule has 0 aromatic carbocycles. The van der Waals surface area contributed by atoms with Crippen LogP contribution in [-0.4, -0.2) is 51.9 Å². The van der Waals surface area contributed by atoms with Gasteiger partial charge in [-0.05, 0) is 31.4 Å². The number of hydrogen-bond acceptors (Lipinski definition) is 5. The van der Waals surface area contributed by atoms with Crippen LogP contribution in [0.5, 0.6) is 0 Å². The van der Waals surface area contributed by atoms with Crippen molar-refractivity contribution in [3.8, 4) is 6.07 Å². The van der Waals surface area contributed by atoms with Gasteiger partial charge >= 0.3 is 0 Å². The third-order valence-electron chi connectivity index (χ3n) is 5.82. The Labute approximate surface area is 159 Å². The molecule has 1 unspecified atom stereocenters. The Morgan fingerprint density at radius 2 is 2.26 bits per heavy atom. The zero-order chi connectivity index (χ0) is 18.7. The van der Waals surface area contributed by atoms with E-state index in [1.165, 1.54) is 0 Å². The molecule has 140 valence electrons. The van der Waals surface area contributed by atoms with Gasteiger partial charge in [0.2, 0.25) is 5.91 Å². The van der Waals surface area contributed by atoms with Crippen molar-refractivity contribution in [2.24, 2.45) is 5.41 Å². The van der Waals surface area contributed by atoms with Gasteiger partial charge in [-0.25, -0.2) is 9.97 Å². The number of anilines is 1. The predicted octanol–water partition coefficient (Wildman–Crippen LogP) is 2.13. The van der Waals surface area contributed by atoms with Gasteiger partial charge in [0, 0.05) is 62.5 Å².